The Morgan fingerprint density at radius 2 is 2.17 bits per heavy atom. The average Bonchev–Trinajstić information content (AvgIpc) is 2.73. The Labute approximate surface area is 75.3 Å². The van der Waals surface area contributed by atoms with E-state index in [0.29, 0.717) is 5.92 Å². The van der Waals surface area contributed by atoms with Crippen LogP contribution in [-0.2, 0) is 0 Å². The second-order valence-corrected chi connectivity index (χ2v) is 3.59. The third-order valence-electron chi connectivity index (χ3n) is 2.21. The molecule has 12 heavy (non-hydrogen) atoms. The second kappa shape index (κ2) is 2.71. The molecule has 1 saturated carbocycles. The molecule has 0 heterocycles. The van der Waals surface area contributed by atoms with Crippen molar-refractivity contribution in [2.24, 2.45) is 5.73 Å². The molecule has 64 valence electrons. The van der Waals surface area contributed by atoms with Crippen molar-refractivity contribution in [1.82, 2.24) is 0 Å². The minimum Gasteiger partial charge on any atom is -0.327 e. The first-order valence-corrected chi connectivity index (χ1v) is 4.27. The molecule has 0 unspecified atom stereocenters. The molecular weight excluding hydrogens is 177 g/mol. The van der Waals surface area contributed by atoms with Gasteiger partial charge in [-0.05, 0) is 24.1 Å². The van der Waals surface area contributed by atoms with Gasteiger partial charge in [-0.15, -0.1) is 0 Å². The van der Waals surface area contributed by atoms with E-state index in [0.717, 1.165) is 12.0 Å². The van der Waals surface area contributed by atoms with Crippen molar-refractivity contribution in [3.8, 4) is 0 Å². The zero-order valence-electron chi connectivity index (χ0n) is 6.43. The summed E-state index contributed by atoms with van der Waals surface area (Å²) in [5.74, 6) is -0.00923. The molecule has 2 N–H and O–H groups in total. The van der Waals surface area contributed by atoms with Crippen LogP contribution < -0.4 is 5.73 Å². The average molecular weight is 186 g/mol. The first kappa shape index (κ1) is 8.02. The Balaban J connectivity index is 2.29. The van der Waals surface area contributed by atoms with Gasteiger partial charge in [0.05, 0.1) is 5.02 Å². The SMILES string of the molecule is N[C@H]1C[C@@H]1c1ccc(Cl)c(F)c1. The minimum absolute atomic E-state index is 0.174. The molecule has 0 saturated heterocycles. The van der Waals surface area contributed by atoms with Gasteiger partial charge in [-0.2, -0.15) is 0 Å². The van der Waals surface area contributed by atoms with Crippen molar-refractivity contribution >= 4 is 11.6 Å². The van der Waals surface area contributed by atoms with E-state index in [-0.39, 0.29) is 16.9 Å². The maximum Gasteiger partial charge on any atom is 0.142 e. The van der Waals surface area contributed by atoms with Gasteiger partial charge in [0, 0.05) is 12.0 Å². The van der Waals surface area contributed by atoms with E-state index in [2.05, 4.69) is 0 Å². The van der Waals surface area contributed by atoms with Crippen LogP contribution in [0.5, 0.6) is 0 Å². The van der Waals surface area contributed by atoms with Crippen LogP contribution >= 0.6 is 11.6 Å². The Kier molecular flexibility index (Phi) is 1.81. The van der Waals surface area contributed by atoms with Crippen LogP contribution in [0.4, 0.5) is 4.39 Å². The van der Waals surface area contributed by atoms with E-state index >= 15 is 0 Å². The summed E-state index contributed by atoms with van der Waals surface area (Å²) in [5, 5.41) is 0.174. The van der Waals surface area contributed by atoms with Gasteiger partial charge in [-0.25, -0.2) is 4.39 Å². The molecule has 0 aliphatic heterocycles. The molecule has 0 bridgehead atoms. The zero-order valence-corrected chi connectivity index (χ0v) is 7.18. The lowest BCUT2D eigenvalue weighted by molar-refractivity contribution is 0.625. The molecule has 3 heteroatoms. The number of benzene rings is 1. The predicted octanol–water partition coefficient (Wildman–Crippen LogP) is 2.29. The molecule has 1 nitrogen and oxygen atoms in total. The van der Waals surface area contributed by atoms with Gasteiger partial charge in [0.25, 0.3) is 0 Å². The first-order valence-electron chi connectivity index (χ1n) is 3.89. The molecule has 1 aliphatic carbocycles. The zero-order chi connectivity index (χ0) is 8.72. The van der Waals surface area contributed by atoms with Gasteiger partial charge in [0.2, 0.25) is 0 Å². The summed E-state index contributed by atoms with van der Waals surface area (Å²) in [6.45, 7) is 0. The monoisotopic (exact) mass is 185 g/mol. The van der Waals surface area contributed by atoms with E-state index in [4.69, 9.17) is 17.3 Å². The van der Waals surface area contributed by atoms with Crippen molar-refractivity contribution < 1.29 is 4.39 Å². The largest absolute Gasteiger partial charge is 0.327 e. The van der Waals surface area contributed by atoms with E-state index in [1.165, 1.54) is 6.07 Å². The number of hydrogen-bond acceptors (Lipinski definition) is 1. The van der Waals surface area contributed by atoms with E-state index in [1.54, 1.807) is 6.07 Å². The third kappa shape index (κ3) is 1.32. The van der Waals surface area contributed by atoms with Crippen LogP contribution in [-0.4, -0.2) is 6.04 Å². The Bertz CT molecular complexity index is 313. The summed E-state index contributed by atoms with van der Waals surface area (Å²) >= 11 is 5.54. The molecule has 0 spiro atoms. The fraction of sp³-hybridized carbons (Fsp3) is 0.333. The standard InChI is InChI=1S/C9H9ClFN/c10-7-2-1-5(3-8(7)11)6-4-9(6)12/h1-3,6,9H,4,12H2/t6-,9+/m1/s1. The quantitative estimate of drug-likeness (QED) is 0.714. The van der Waals surface area contributed by atoms with Crippen molar-refractivity contribution in [2.45, 2.75) is 18.4 Å². The van der Waals surface area contributed by atoms with Crippen LogP contribution in [0.3, 0.4) is 0 Å². The van der Waals surface area contributed by atoms with Crippen molar-refractivity contribution in [3.63, 3.8) is 0 Å². The highest BCUT2D eigenvalue weighted by atomic mass is 35.5. The Morgan fingerprint density at radius 1 is 1.50 bits per heavy atom. The maximum atomic E-state index is 12.9. The molecule has 2 atom stereocenters. The highest BCUT2D eigenvalue weighted by molar-refractivity contribution is 6.30. The maximum absolute atomic E-state index is 12.9. The number of nitrogens with two attached hydrogens (primary N) is 1. The normalized spacial score (nSPS) is 27.2. The van der Waals surface area contributed by atoms with Gasteiger partial charge >= 0.3 is 0 Å². The van der Waals surface area contributed by atoms with Gasteiger partial charge in [-0.1, -0.05) is 17.7 Å². The summed E-state index contributed by atoms with van der Waals surface area (Å²) < 4.78 is 12.9. The van der Waals surface area contributed by atoms with Crippen molar-refractivity contribution in [2.75, 3.05) is 0 Å². The van der Waals surface area contributed by atoms with Gasteiger partial charge < -0.3 is 5.73 Å². The lowest BCUT2D eigenvalue weighted by Crippen LogP contribution is -2.01. The van der Waals surface area contributed by atoms with Crippen LogP contribution in [0, 0.1) is 5.82 Å². The Morgan fingerprint density at radius 3 is 2.67 bits per heavy atom. The number of hydrogen-bond donors (Lipinski definition) is 1. The fourth-order valence-corrected chi connectivity index (χ4v) is 1.46. The first-order chi connectivity index (χ1) is 5.68. The molecule has 0 aromatic heterocycles. The summed E-state index contributed by atoms with van der Waals surface area (Å²) in [4.78, 5) is 0. The topological polar surface area (TPSA) is 26.0 Å². The van der Waals surface area contributed by atoms with Crippen LogP contribution in [0.2, 0.25) is 5.02 Å². The van der Waals surface area contributed by atoms with Gasteiger partial charge in [0.15, 0.2) is 0 Å². The predicted molar refractivity (Wildman–Crippen MR) is 46.7 cm³/mol. The minimum atomic E-state index is -0.353. The third-order valence-corrected chi connectivity index (χ3v) is 2.52. The molecule has 1 fully saturated rings. The summed E-state index contributed by atoms with van der Waals surface area (Å²) in [6.07, 6.45) is 0.959. The van der Waals surface area contributed by atoms with E-state index in [9.17, 15) is 4.39 Å². The fourth-order valence-electron chi connectivity index (χ4n) is 1.34. The highest BCUT2D eigenvalue weighted by Gasteiger charge is 2.34. The van der Waals surface area contributed by atoms with Crippen LogP contribution in [0.15, 0.2) is 18.2 Å². The number of halogens is 2. The van der Waals surface area contributed by atoms with Gasteiger partial charge in [0.1, 0.15) is 5.82 Å². The molecule has 1 aliphatic rings. The lowest BCUT2D eigenvalue weighted by Gasteiger charge is -1.99. The van der Waals surface area contributed by atoms with E-state index in [1.807, 2.05) is 6.07 Å². The molecule has 1 aromatic rings. The lowest BCUT2D eigenvalue weighted by atomic mass is 10.1. The summed E-state index contributed by atoms with van der Waals surface area (Å²) in [5.41, 5.74) is 6.59. The molecule has 0 amide bonds. The molecular formula is C9H9ClFN. The van der Waals surface area contributed by atoms with Gasteiger partial charge in [-0.3, -0.25) is 0 Å². The van der Waals surface area contributed by atoms with Crippen LogP contribution in [0.1, 0.15) is 17.9 Å². The molecule has 0 radical (unpaired) electrons. The van der Waals surface area contributed by atoms with Crippen molar-refractivity contribution in [3.05, 3.63) is 34.6 Å². The Hall–Kier alpha value is -0.600. The smallest absolute Gasteiger partial charge is 0.142 e. The van der Waals surface area contributed by atoms with E-state index < -0.39 is 0 Å². The van der Waals surface area contributed by atoms with Crippen LogP contribution in [0.25, 0.3) is 0 Å². The molecule has 1 aromatic carbocycles. The summed E-state index contributed by atoms with van der Waals surface area (Å²) in [6, 6.07) is 5.10. The summed E-state index contributed by atoms with van der Waals surface area (Å²) in [7, 11) is 0. The second-order valence-electron chi connectivity index (χ2n) is 3.18. The highest BCUT2D eigenvalue weighted by Crippen LogP contribution is 2.39. The molecule has 2 rings (SSSR count). The van der Waals surface area contributed by atoms with Crippen molar-refractivity contribution in [1.29, 1.82) is 0 Å². The number of rotatable bonds is 1.